The molecule has 0 aliphatic heterocycles. The van der Waals surface area contributed by atoms with E-state index in [1.165, 1.54) is 0 Å². The van der Waals surface area contributed by atoms with Crippen molar-refractivity contribution in [2.45, 2.75) is 39.3 Å². The van der Waals surface area contributed by atoms with Crippen molar-refractivity contribution < 1.29 is 9.90 Å². The molecule has 2 rings (SSSR count). The van der Waals surface area contributed by atoms with Gasteiger partial charge in [-0.05, 0) is 60.4 Å². The van der Waals surface area contributed by atoms with Gasteiger partial charge in [0.05, 0.1) is 6.10 Å². The lowest BCUT2D eigenvalue weighted by molar-refractivity contribution is -0.116. The summed E-state index contributed by atoms with van der Waals surface area (Å²) in [6.45, 7) is 6.42. The van der Waals surface area contributed by atoms with E-state index in [4.69, 9.17) is 0 Å². The molecule has 1 aromatic heterocycles. The standard InChI is InChI=1S/C18H24N2O2S/c1-12-5-4-6-16(14(12)3)20-18(22)9-13(2)19-10-17(21)15-7-8-23-11-15/h4-8,11,13,17,19,21H,9-10H2,1-3H3,(H,20,22). The lowest BCUT2D eigenvalue weighted by atomic mass is 10.1. The van der Waals surface area contributed by atoms with Crippen molar-refractivity contribution in [3.05, 3.63) is 51.7 Å². The normalized spacial score (nSPS) is 13.6. The molecule has 0 spiro atoms. The third-order valence-electron chi connectivity index (χ3n) is 3.96. The van der Waals surface area contributed by atoms with E-state index in [9.17, 15) is 9.90 Å². The molecule has 0 aliphatic carbocycles. The molecular weight excluding hydrogens is 308 g/mol. The number of aliphatic hydroxyl groups excluding tert-OH is 1. The highest BCUT2D eigenvalue weighted by atomic mass is 32.1. The lowest BCUT2D eigenvalue weighted by Gasteiger charge is -2.17. The van der Waals surface area contributed by atoms with Crippen LogP contribution >= 0.6 is 11.3 Å². The zero-order chi connectivity index (χ0) is 16.8. The van der Waals surface area contributed by atoms with Gasteiger partial charge in [0.1, 0.15) is 0 Å². The second-order valence-corrected chi connectivity index (χ2v) is 6.66. The van der Waals surface area contributed by atoms with Crippen molar-refractivity contribution in [1.82, 2.24) is 5.32 Å². The Morgan fingerprint density at radius 1 is 1.30 bits per heavy atom. The SMILES string of the molecule is Cc1cccc(NC(=O)CC(C)NCC(O)c2ccsc2)c1C. The molecule has 2 unspecified atom stereocenters. The highest BCUT2D eigenvalue weighted by Gasteiger charge is 2.13. The van der Waals surface area contributed by atoms with Gasteiger partial charge in [-0.1, -0.05) is 12.1 Å². The molecule has 124 valence electrons. The average Bonchev–Trinajstić information content (AvgIpc) is 3.04. The second-order valence-electron chi connectivity index (χ2n) is 5.88. The van der Waals surface area contributed by atoms with Gasteiger partial charge in [-0.25, -0.2) is 0 Å². The number of benzene rings is 1. The van der Waals surface area contributed by atoms with E-state index in [0.29, 0.717) is 13.0 Å². The Hall–Kier alpha value is -1.69. The first kappa shape index (κ1) is 17.7. The van der Waals surface area contributed by atoms with Gasteiger partial charge < -0.3 is 15.7 Å². The van der Waals surface area contributed by atoms with Crippen molar-refractivity contribution in [2.75, 3.05) is 11.9 Å². The van der Waals surface area contributed by atoms with E-state index in [2.05, 4.69) is 10.6 Å². The van der Waals surface area contributed by atoms with Crippen LogP contribution in [0.25, 0.3) is 0 Å². The summed E-state index contributed by atoms with van der Waals surface area (Å²) in [6.07, 6.45) is -0.171. The predicted molar refractivity (Wildman–Crippen MR) is 95.9 cm³/mol. The highest BCUT2D eigenvalue weighted by molar-refractivity contribution is 7.07. The first-order chi connectivity index (χ1) is 11.0. The Bertz CT molecular complexity index is 640. The van der Waals surface area contributed by atoms with Gasteiger partial charge in [0.25, 0.3) is 0 Å². The first-order valence-corrected chi connectivity index (χ1v) is 8.71. The number of amides is 1. The van der Waals surface area contributed by atoms with E-state index in [0.717, 1.165) is 22.4 Å². The number of thiophene rings is 1. The van der Waals surface area contributed by atoms with Crippen LogP contribution in [0.5, 0.6) is 0 Å². The molecule has 0 radical (unpaired) electrons. The van der Waals surface area contributed by atoms with Crippen LogP contribution in [0.15, 0.2) is 35.0 Å². The van der Waals surface area contributed by atoms with E-state index in [-0.39, 0.29) is 11.9 Å². The number of aryl methyl sites for hydroxylation is 1. The number of nitrogens with one attached hydrogen (secondary N) is 2. The number of rotatable bonds is 7. The van der Waals surface area contributed by atoms with Crippen molar-refractivity contribution in [3.63, 3.8) is 0 Å². The average molecular weight is 332 g/mol. The highest BCUT2D eigenvalue weighted by Crippen LogP contribution is 2.18. The largest absolute Gasteiger partial charge is 0.387 e. The Balaban J connectivity index is 1.79. The van der Waals surface area contributed by atoms with Gasteiger partial charge in [-0.15, -0.1) is 0 Å². The zero-order valence-electron chi connectivity index (χ0n) is 13.8. The van der Waals surface area contributed by atoms with E-state index >= 15 is 0 Å². The summed E-state index contributed by atoms with van der Waals surface area (Å²) in [5.41, 5.74) is 4.03. The fourth-order valence-corrected chi connectivity index (χ4v) is 3.04. The maximum atomic E-state index is 12.1. The number of carbonyl (C=O) groups excluding carboxylic acids is 1. The molecule has 3 N–H and O–H groups in total. The minimum atomic E-state index is -0.536. The van der Waals surface area contributed by atoms with Crippen molar-refractivity contribution in [3.8, 4) is 0 Å². The van der Waals surface area contributed by atoms with Crippen LogP contribution in [-0.2, 0) is 4.79 Å². The fraction of sp³-hybridized carbons (Fsp3) is 0.389. The minimum absolute atomic E-state index is 0.00611. The van der Waals surface area contributed by atoms with Crippen LogP contribution in [0.4, 0.5) is 5.69 Å². The second kappa shape index (κ2) is 8.24. The summed E-state index contributed by atoms with van der Waals surface area (Å²) in [4.78, 5) is 12.1. The first-order valence-electron chi connectivity index (χ1n) is 7.77. The Labute approximate surface area is 141 Å². The van der Waals surface area contributed by atoms with Gasteiger partial charge in [0.2, 0.25) is 5.91 Å². The van der Waals surface area contributed by atoms with Gasteiger partial charge in [0.15, 0.2) is 0 Å². The van der Waals surface area contributed by atoms with E-state index in [1.807, 2.05) is 55.8 Å². The fourth-order valence-electron chi connectivity index (χ4n) is 2.33. The molecule has 4 nitrogen and oxygen atoms in total. The molecule has 2 atom stereocenters. The van der Waals surface area contributed by atoms with Crippen LogP contribution in [-0.4, -0.2) is 23.6 Å². The molecule has 1 heterocycles. The molecule has 0 fully saturated rings. The Morgan fingerprint density at radius 3 is 2.78 bits per heavy atom. The summed E-state index contributed by atoms with van der Waals surface area (Å²) in [5, 5.41) is 20.1. The van der Waals surface area contributed by atoms with E-state index < -0.39 is 6.10 Å². The van der Waals surface area contributed by atoms with Gasteiger partial charge in [-0.2, -0.15) is 11.3 Å². The third-order valence-corrected chi connectivity index (χ3v) is 4.66. The molecule has 1 amide bonds. The van der Waals surface area contributed by atoms with E-state index in [1.54, 1.807) is 11.3 Å². The Morgan fingerprint density at radius 2 is 2.09 bits per heavy atom. The monoisotopic (exact) mass is 332 g/mol. The lowest BCUT2D eigenvalue weighted by Crippen LogP contribution is -2.33. The smallest absolute Gasteiger partial charge is 0.225 e. The molecule has 0 saturated heterocycles. The quantitative estimate of drug-likeness (QED) is 0.728. The maximum absolute atomic E-state index is 12.1. The van der Waals surface area contributed by atoms with Crippen LogP contribution in [0, 0.1) is 13.8 Å². The number of hydrogen-bond donors (Lipinski definition) is 3. The van der Waals surface area contributed by atoms with Crippen LogP contribution in [0.2, 0.25) is 0 Å². The molecule has 5 heteroatoms. The third kappa shape index (κ3) is 5.16. The molecule has 23 heavy (non-hydrogen) atoms. The maximum Gasteiger partial charge on any atom is 0.225 e. The molecule has 1 aromatic carbocycles. The summed E-state index contributed by atoms with van der Waals surface area (Å²) in [5.74, 6) is -0.0243. The van der Waals surface area contributed by atoms with Crippen molar-refractivity contribution >= 4 is 22.9 Å². The van der Waals surface area contributed by atoms with Crippen LogP contribution < -0.4 is 10.6 Å². The molecule has 2 aromatic rings. The summed E-state index contributed by atoms with van der Waals surface area (Å²) >= 11 is 1.56. The number of hydrogen-bond acceptors (Lipinski definition) is 4. The Kier molecular flexibility index (Phi) is 6.33. The van der Waals surface area contributed by atoms with Gasteiger partial charge in [-0.3, -0.25) is 4.79 Å². The zero-order valence-corrected chi connectivity index (χ0v) is 14.6. The van der Waals surface area contributed by atoms with Gasteiger partial charge >= 0.3 is 0 Å². The number of anilines is 1. The summed E-state index contributed by atoms with van der Waals surface area (Å²) < 4.78 is 0. The molecule has 0 bridgehead atoms. The predicted octanol–water partition coefficient (Wildman–Crippen LogP) is 3.41. The minimum Gasteiger partial charge on any atom is -0.387 e. The molecular formula is C18H24N2O2S. The van der Waals surface area contributed by atoms with Crippen molar-refractivity contribution in [1.29, 1.82) is 0 Å². The molecule has 0 saturated carbocycles. The van der Waals surface area contributed by atoms with Crippen LogP contribution in [0.1, 0.15) is 36.1 Å². The van der Waals surface area contributed by atoms with Crippen LogP contribution in [0.3, 0.4) is 0 Å². The summed E-state index contributed by atoms with van der Waals surface area (Å²) in [7, 11) is 0. The number of aliphatic hydroxyl groups is 1. The van der Waals surface area contributed by atoms with Crippen molar-refractivity contribution in [2.24, 2.45) is 0 Å². The topological polar surface area (TPSA) is 61.4 Å². The number of carbonyl (C=O) groups is 1. The summed E-state index contributed by atoms with van der Waals surface area (Å²) in [6, 6.07) is 7.79. The molecule has 0 aliphatic rings. The van der Waals surface area contributed by atoms with Gasteiger partial charge in [0, 0.05) is 24.7 Å².